The number of nitrogens with zero attached hydrogens (tertiary/aromatic N) is 1. The average Bonchev–Trinajstić information content (AvgIpc) is 3.01. The van der Waals surface area contributed by atoms with Gasteiger partial charge in [0.1, 0.15) is 0 Å². The zero-order valence-corrected chi connectivity index (χ0v) is 12.2. The number of hydrogen-bond acceptors (Lipinski definition) is 3. The average molecular weight is 290 g/mol. The molecule has 1 aromatic rings. The number of fused-ring (bicyclic) bond motifs is 2. The summed E-state index contributed by atoms with van der Waals surface area (Å²) in [5.74, 6) is 1.56. The van der Waals surface area contributed by atoms with Crippen LogP contribution in [-0.4, -0.2) is 14.6 Å². The second kappa shape index (κ2) is 5.05. The second-order valence-corrected chi connectivity index (χ2v) is 7.29. The van der Waals surface area contributed by atoms with Crippen LogP contribution >= 0.6 is 0 Å². The maximum Gasteiger partial charge on any atom is 0.276 e. The molecular formula is C15H18N2O2S. The van der Waals surface area contributed by atoms with E-state index >= 15 is 0 Å². The lowest BCUT2D eigenvalue weighted by Gasteiger charge is -2.12. The first kappa shape index (κ1) is 13.4. The topological polar surface area (TPSA) is 58.5 Å². The molecule has 4 nitrogen and oxygen atoms in total. The van der Waals surface area contributed by atoms with Gasteiger partial charge >= 0.3 is 0 Å². The van der Waals surface area contributed by atoms with Crippen LogP contribution in [0.15, 0.2) is 46.4 Å². The van der Waals surface area contributed by atoms with Gasteiger partial charge in [-0.3, -0.25) is 0 Å². The predicted molar refractivity (Wildman–Crippen MR) is 78.8 cm³/mol. The highest BCUT2D eigenvalue weighted by Gasteiger charge is 2.34. The van der Waals surface area contributed by atoms with E-state index in [0.29, 0.717) is 17.8 Å². The molecule has 2 aliphatic carbocycles. The molecule has 5 heteroatoms. The van der Waals surface area contributed by atoms with Gasteiger partial charge in [0.05, 0.1) is 4.90 Å². The van der Waals surface area contributed by atoms with Crippen LogP contribution in [0.1, 0.15) is 18.4 Å². The molecule has 3 rings (SSSR count). The van der Waals surface area contributed by atoms with Gasteiger partial charge in [-0.25, -0.2) is 4.83 Å². The lowest BCUT2D eigenvalue weighted by atomic mass is 9.95. The van der Waals surface area contributed by atoms with Crippen LogP contribution in [0.2, 0.25) is 0 Å². The van der Waals surface area contributed by atoms with Gasteiger partial charge in [0.2, 0.25) is 0 Å². The Balaban J connectivity index is 1.65. The molecule has 0 radical (unpaired) electrons. The molecule has 0 saturated heterocycles. The van der Waals surface area contributed by atoms with E-state index in [1.165, 1.54) is 6.42 Å². The number of rotatable bonds is 4. The van der Waals surface area contributed by atoms with E-state index in [9.17, 15) is 8.42 Å². The Morgan fingerprint density at radius 3 is 2.55 bits per heavy atom. The van der Waals surface area contributed by atoms with Crippen LogP contribution in [0.4, 0.5) is 0 Å². The molecule has 0 aliphatic heterocycles. The number of hydrogen-bond donors (Lipinski definition) is 1. The summed E-state index contributed by atoms with van der Waals surface area (Å²) in [6.07, 6.45) is 8.49. The lowest BCUT2D eigenvalue weighted by Crippen LogP contribution is -2.20. The quantitative estimate of drug-likeness (QED) is 0.526. The number of sulfonamides is 1. The molecule has 0 amide bonds. The van der Waals surface area contributed by atoms with Gasteiger partial charge in [0.25, 0.3) is 10.0 Å². The van der Waals surface area contributed by atoms with Crippen molar-refractivity contribution in [3.05, 3.63) is 42.0 Å². The molecule has 1 saturated carbocycles. The summed E-state index contributed by atoms with van der Waals surface area (Å²) in [6, 6.07) is 6.74. The zero-order valence-electron chi connectivity index (χ0n) is 11.4. The Morgan fingerprint density at radius 2 is 1.95 bits per heavy atom. The standard InChI is InChI=1S/C15H18N2O2S/c1-11-2-6-15(7-3-11)20(18,19)17-16-10-14-9-12-4-5-13(14)8-12/h2-7,10,12-14,17H,8-9H2,1H3/b16-10+. The monoisotopic (exact) mass is 290 g/mol. The Bertz CT molecular complexity index is 647. The van der Waals surface area contributed by atoms with Crippen molar-refractivity contribution in [3.8, 4) is 0 Å². The van der Waals surface area contributed by atoms with Gasteiger partial charge < -0.3 is 0 Å². The number of allylic oxidation sites excluding steroid dienone is 2. The summed E-state index contributed by atoms with van der Waals surface area (Å²) >= 11 is 0. The van der Waals surface area contributed by atoms with Crippen LogP contribution in [0, 0.1) is 24.7 Å². The minimum atomic E-state index is -3.55. The molecule has 1 N–H and O–H groups in total. The van der Waals surface area contributed by atoms with E-state index in [1.807, 2.05) is 6.92 Å². The molecule has 106 valence electrons. The third-order valence-corrected chi connectivity index (χ3v) is 5.34. The first-order valence-electron chi connectivity index (χ1n) is 6.84. The van der Waals surface area contributed by atoms with Crippen molar-refractivity contribution in [2.75, 3.05) is 0 Å². The van der Waals surface area contributed by atoms with Crippen molar-refractivity contribution in [1.29, 1.82) is 0 Å². The molecule has 0 aromatic heterocycles. The number of nitrogens with one attached hydrogen (secondary N) is 1. The number of aryl methyl sites for hydroxylation is 1. The van der Waals surface area contributed by atoms with Gasteiger partial charge in [-0.2, -0.15) is 13.5 Å². The van der Waals surface area contributed by atoms with Crippen molar-refractivity contribution in [2.45, 2.75) is 24.7 Å². The first-order chi connectivity index (χ1) is 9.54. The summed E-state index contributed by atoms with van der Waals surface area (Å²) in [6.45, 7) is 1.92. The Kier molecular flexibility index (Phi) is 3.38. The minimum absolute atomic E-state index is 0.244. The Morgan fingerprint density at radius 1 is 1.20 bits per heavy atom. The van der Waals surface area contributed by atoms with Crippen LogP contribution in [0.25, 0.3) is 0 Å². The molecular weight excluding hydrogens is 272 g/mol. The Hall–Kier alpha value is -1.62. The van der Waals surface area contributed by atoms with E-state index in [2.05, 4.69) is 22.1 Å². The van der Waals surface area contributed by atoms with Gasteiger partial charge in [-0.15, -0.1) is 0 Å². The van der Waals surface area contributed by atoms with Crippen molar-refractivity contribution in [3.63, 3.8) is 0 Å². The van der Waals surface area contributed by atoms with Crippen molar-refractivity contribution >= 4 is 16.2 Å². The fraction of sp³-hybridized carbons (Fsp3) is 0.400. The van der Waals surface area contributed by atoms with Crippen molar-refractivity contribution < 1.29 is 8.42 Å². The molecule has 3 atom stereocenters. The molecule has 0 heterocycles. The van der Waals surface area contributed by atoms with Crippen LogP contribution in [0.5, 0.6) is 0 Å². The smallest absolute Gasteiger partial charge is 0.200 e. The van der Waals surface area contributed by atoms with Crippen LogP contribution in [0.3, 0.4) is 0 Å². The molecule has 2 bridgehead atoms. The van der Waals surface area contributed by atoms with Gasteiger partial charge in [0, 0.05) is 12.1 Å². The summed E-state index contributed by atoms with van der Waals surface area (Å²) in [4.78, 5) is 2.54. The van der Waals surface area contributed by atoms with Crippen molar-refractivity contribution in [2.24, 2.45) is 22.9 Å². The highest BCUT2D eigenvalue weighted by atomic mass is 32.2. The Labute approximate surface area is 119 Å². The van der Waals surface area contributed by atoms with E-state index in [1.54, 1.807) is 30.5 Å². The fourth-order valence-corrected chi connectivity index (χ4v) is 3.76. The van der Waals surface area contributed by atoms with Gasteiger partial charge in [0.15, 0.2) is 0 Å². The van der Waals surface area contributed by atoms with Crippen LogP contribution in [-0.2, 0) is 10.0 Å². The highest BCUT2D eigenvalue weighted by molar-refractivity contribution is 7.89. The third-order valence-electron chi connectivity index (χ3n) is 4.10. The maximum atomic E-state index is 12.0. The van der Waals surface area contributed by atoms with E-state index in [-0.39, 0.29) is 4.90 Å². The number of benzene rings is 1. The van der Waals surface area contributed by atoms with Gasteiger partial charge in [-0.1, -0.05) is 29.8 Å². The van der Waals surface area contributed by atoms with E-state index in [0.717, 1.165) is 12.0 Å². The molecule has 0 spiro atoms. The SMILES string of the molecule is Cc1ccc(S(=O)(=O)N/N=C/C2CC3C=CC2C3)cc1. The summed E-state index contributed by atoms with van der Waals surface area (Å²) < 4.78 is 24.1. The second-order valence-electron chi connectivity index (χ2n) is 5.63. The minimum Gasteiger partial charge on any atom is -0.200 e. The summed E-state index contributed by atoms with van der Waals surface area (Å²) in [7, 11) is -3.55. The number of hydrazone groups is 1. The molecule has 2 aliphatic rings. The first-order valence-corrected chi connectivity index (χ1v) is 8.33. The molecule has 20 heavy (non-hydrogen) atoms. The third kappa shape index (κ3) is 2.63. The van der Waals surface area contributed by atoms with Crippen molar-refractivity contribution in [1.82, 2.24) is 4.83 Å². The predicted octanol–water partition coefficient (Wildman–Crippen LogP) is 2.47. The van der Waals surface area contributed by atoms with E-state index in [4.69, 9.17) is 0 Å². The fourth-order valence-electron chi connectivity index (χ4n) is 2.96. The molecule has 1 fully saturated rings. The van der Waals surface area contributed by atoms with Gasteiger partial charge in [-0.05, 0) is 43.7 Å². The van der Waals surface area contributed by atoms with Crippen LogP contribution < -0.4 is 4.83 Å². The largest absolute Gasteiger partial charge is 0.276 e. The summed E-state index contributed by atoms with van der Waals surface area (Å²) in [5.41, 5.74) is 1.03. The summed E-state index contributed by atoms with van der Waals surface area (Å²) in [5, 5.41) is 3.95. The normalized spacial score (nSPS) is 28.4. The molecule has 1 aromatic carbocycles. The lowest BCUT2D eigenvalue weighted by molar-refractivity contribution is 0.578. The maximum absolute atomic E-state index is 12.0. The van der Waals surface area contributed by atoms with E-state index < -0.39 is 10.0 Å². The molecule has 3 unspecified atom stereocenters. The highest BCUT2D eigenvalue weighted by Crippen LogP contribution is 2.42. The zero-order chi connectivity index (χ0) is 14.2.